The molecule has 1 atom stereocenters. The molecule has 1 aliphatic rings. The van der Waals surface area contributed by atoms with Crippen molar-refractivity contribution < 1.29 is 19.1 Å². The number of para-hydroxylation sites is 1. The molecule has 0 aromatic heterocycles. The molecule has 2 amide bonds. The standard InChI is InChI=1S/C19H22N2O4S/c1-5-10-21-18(23)14(17(22)20-19(21)26)11-13-8-7-9-15(24-4)16(13)25-12(3)6-2/h5,7-9,11-12H,1,6,10H2,2-4H3,(H,20,22,26)/b14-11+/t12-/m1/s1. The van der Waals surface area contributed by atoms with Gasteiger partial charge in [0.2, 0.25) is 0 Å². The lowest BCUT2D eigenvalue weighted by Crippen LogP contribution is -2.53. The summed E-state index contributed by atoms with van der Waals surface area (Å²) in [7, 11) is 1.54. The van der Waals surface area contributed by atoms with Gasteiger partial charge >= 0.3 is 0 Å². The van der Waals surface area contributed by atoms with Crippen LogP contribution >= 0.6 is 12.2 Å². The number of carbonyl (C=O) groups excluding carboxylic acids is 2. The summed E-state index contributed by atoms with van der Waals surface area (Å²) < 4.78 is 11.3. The Balaban J connectivity index is 2.50. The van der Waals surface area contributed by atoms with E-state index in [0.717, 1.165) is 6.42 Å². The van der Waals surface area contributed by atoms with Crippen molar-refractivity contribution in [2.45, 2.75) is 26.4 Å². The molecule has 2 rings (SSSR count). The van der Waals surface area contributed by atoms with Gasteiger partial charge in [-0.05, 0) is 37.7 Å². The van der Waals surface area contributed by atoms with Crippen LogP contribution in [0.1, 0.15) is 25.8 Å². The van der Waals surface area contributed by atoms with E-state index in [4.69, 9.17) is 21.7 Å². The van der Waals surface area contributed by atoms with Crippen molar-refractivity contribution >= 4 is 35.2 Å². The summed E-state index contributed by atoms with van der Waals surface area (Å²) >= 11 is 5.06. The molecular formula is C19H22N2O4S. The molecule has 0 unspecified atom stereocenters. The predicted octanol–water partition coefficient (Wildman–Crippen LogP) is 2.69. The largest absolute Gasteiger partial charge is 0.493 e. The summed E-state index contributed by atoms with van der Waals surface area (Å²) in [5.41, 5.74) is 0.553. The number of hydrogen-bond donors (Lipinski definition) is 1. The Morgan fingerprint density at radius 3 is 2.73 bits per heavy atom. The number of hydrogen-bond acceptors (Lipinski definition) is 5. The highest BCUT2D eigenvalue weighted by Gasteiger charge is 2.33. The Kier molecular flexibility index (Phi) is 6.52. The number of rotatable bonds is 7. The molecule has 1 aromatic carbocycles. The lowest BCUT2D eigenvalue weighted by Gasteiger charge is -2.28. The topological polar surface area (TPSA) is 67.9 Å². The second-order valence-electron chi connectivity index (χ2n) is 5.74. The maximum Gasteiger partial charge on any atom is 0.265 e. The summed E-state index contributed by atoms with van der Waals surface area (Å²) in [6.45, 7) is 7.76. The van der Waals surface area contributed by atoms with Crippen LogP contribution in [0.15, 0.2) is 36.4 Å². The molecule has 6 nitrogen and oxygen atoms in total. The third-order valence-corrected chi connectivity index (χ3v) is 4.24. The van der Waals surface area contributed by atoms with E-state index in [0.29, 0.717) is 17.1 Å². The van der Waals surface area contributed by atoms with Crippen LogP contribution in [-0.2, 0) is 9.59 Å². The number of ether oxygens (including phenoxy) is 2. The highest BCUT2D eigenvalue weighted by atomic mass is 32.1. The molecule has 1 N–H and O–H groups in total. The molecule has 1 aromatic rings. The number of thiocarbonyl (C=S) groups is 1. The van der Waals surface area contributed by atoms with Crippen LogP contribution in [0, 0.1) is 0 Å². The van der Waals surface area contributed by atoms with Crippen molar-refractivity contribution in [3.05, 3.63) is 42.0 Å². The average Bonchev–Trinajstić information content (AvgIpc) is 2.62. The second-order valence-corrected chi connectivity index (χ2v) is 6.12. The molecular weight excluding hydrogens is 352 g/mol. The minimum Gasteiger partial charge on any atom is -0.493 e. The lowest BCUT2D eigenvalue weighted by molar-refractivity contribution is -0.128. The Labute approximate surface area is 158 Å². The van der Waals surface area contributed by atoms with Crippen molar-refractivity contribution in [1.29, 1.82) is 0 Å². The summed E-state index contributed by atoms with van der Waals surface area (Å²) in [5.74, 6) is -0.00348. The molecule has 0 aliphatic carbocycles. The van der Waals surface area contributed by atoms with Crippen LogP contribution in [0.3, 0.4) is 0 Å². The molecule has 7 heteroatoms. The van der Waals surface area contributed by atoms with Gasteiger partial charge < -0.3 is 9.47 Å². The molecule has 138 valence electrons. The maximum absolute atomic E-state index is 12.7. The van der Waals surface area contributed by atoms with E-state index in [1.807, 2.05) is 13.8 Å². The Morgan fingerprint density at radius 2 is 2.12 bits per heavy atom. The summed E-state index contributed by atoms with van der Waals surface area (Å²) in [5, 5.41) is 2.59. The molecule has 0 saturated carbocycles. The highest BCUT2D eigenvalue weighted by molar-refractivity contribution is 7.80. The zero-order valence-corrected chi connectivity index (χ0v) is 15.9. The van der Waals surface area contributed by atoms with Crippen LogP contribution < -0.4 is 14.8 Å². The van der Waals surface area contributed by atoms with Crippen molar-refractivity contribution in [1.82, 2.24) is 10.2 Å². The van der Waals surface area contributed by atoms with Gasteiger partial charge in [0, 0.05) is 12.1 Å². The fourth-order valence-electron chi connectivity index (χ4n) is 2.36. The zero-order valence-electron chi connectivity index (χ0n) is 15.1. The third-order valence-electron chi connectivity index (χ3n) is 3.92. The summed E-state index contributed by atoms with van der Waals surface area (Å²) in [4.78, 5) is 26.3. The first kappa shape index (κ1) is 19.7. The van der Waals surface area contributed by atoms with Crippen molar-refractivity contribution in [2.75, 3.05) is 13.7 Å². The van der Waals surface area contributed by atoms with Crippen molar-refractivity contribution in [3.8, 4) is 11.5 Å². The van der Waals surface area contributed by atoms with E-state index in [9.17, 15) is 9.59 Å². The molecule has 0 spiro atoms. The van der Waals surface area contributed by atoms with Gasteiger partial charge in [-0.25, -0.2) is 0 Å². The maximum atomic E-state index is 12.7. The predicted molar refractivity (Wildman–Crippen MR) is 104 cm³/mol. The van der Waals surface area contributed by atoms with Crippen LogP contribution in [0.25, 0.3) is 6.08 Å². The van der Waals surface area contributed by atoms with Crippen LogP contribution in [0.4, 0.5) is 0 Å². The van der Waals surface area contributed by atoms with Gasteiger partial charge in [0.1, 0.15) is 5.57 Å². The SMILES string of the molecule is C=CCN1C(=O)/C(=C/c2cccc(OC)c2O[C@H](C)CC)C(=O)NC1=S. The second kappa shape index (κ2) is 8.62. The zero-order chi connectivity index (χ0) is 19.3. The fourth-order valence-corrected chi connectivity index (χ4v) is 2.61. The quantitative estimate of drug-likeness (QED) is 0.344. The number of nitrogens with one attached hydrogen (secondary N) is 1. The molecule has 26 heavy (non-hydrogen) atoms. The number of amides is 2. The van der Waals surface area contributed by atoms with Crippen LogP contribution in [0.5, 0.6) is 11.5 Å². The molecule has 1 saturated heterocycles. The van der Waals surface area contributed by atoms with Gasteiger partial charge in [0.25, 0.3) is 11.8 Å². The van der Waals surface area contributed by atoms with E-state index < -0.39 is 11.8 Å². The third kappa shape index (κ3) is 4.11. The Bertz CT molecular complexity index is 773. The molecule has 0 radical (unpaired) electrons. The number of methoxy groups -OCH3 is 1. The van der Waals surface area contributed by atoms with Crippen molar-refractivity contribution in [3.63, 3.8) is 0 Å². The van der Waals surface area contributed by atoms with Gasteiger partial charge in [-0.1, -0.05) is 25.1 Å². The van der Waals surface area contributed by atoms with Crippen LogP contribution in [-0.4, -0.2) is 41.6 Å². The van der Waals surface area contributed by atoms with Crippen molar-refractivity contribution in [2.24, 2.45) is 0 Å². The van der Waals surface area contributed by atoms with Gasteiger partial charge in [0.15, 0.2) is 16.6 Å². The van der Waals surface area contributed by atoms with Gasteiger partial charge in [0.05, 0.1) is 13.2 Å². The number of carbonyl (C=O) groups is 2. The molecule has 1 heterocycles. The first-order valence-electron chi connectivity index (χ1n) is 8.26. The Hall–Kier alpha value is -2.67. The van der Waals surface area contributed by atoms with E-state index in [1.165, 1.54) is 11.0 Å². The first-order valence-corrected chi connectivity index (χ1v) is 8.67. The summed E-state index contributed by atoms with van der Waals surface area (Å²) in [6, 6.07) is 5.30. The van der Waals surface area contributed by atoms with E-state index in [2.05, 4.69) is 11.9 Å². The number of benzene rings is 1. The van der Waals surface area contributed by atoms with Gasteiger partial charge in [-0.15, -0.1) is 6.58 Å². The Morgan fingerprint density at radius 1 is 1.38 bits per heavy atom. The van der Waals surface area contributed by atoms with E-state index in [1.54, 1.807) is 31.4 Å². The molecule has 0 bridgehead atoms. The summed E-state index contributed by atoms with van der Waals surface area (Å²) in [6.07, 6.45) is 3.79. The lowest BCUT2D eigenvalue weighted by atomic mass is 10.1. The highest BCUT2D eigenvalue weighted by Crippen LogP contribution is 2.34. The smallest absolute Gasteiger partial charge is 0.265 e. The van der Waals surface area contributed by atoms with Gasteiger partial charge in [-0.3, -0.25) is 19.8 Å². The van der Waals surface area contributed by atoms with Crippen LogP contribution in [0.2, 0.25) is 0 Å². The minimum absolute atomic E-state index is 0.0253. The molecule has 1 aliphatic heterocycles. The van der Waals surface area contributed by atoms with E-state index in [-0.39, 0.29) is 23.3 Å². The minimum atomic E-state index is -0.544. The monoisotopic (exact) mass is 374 g/mol. The van der Waals surface area contributed by atoms with E-state index >= 15 is 0 Å². The average molecular weight is 374 g/mol. The number of nitrogens with zero attached hydrogens (tertiary/aromatic N) is 1. The fraction of sp³-hybridized carbons (Fsp3) is 0.316. The van der Waals surface area contributed by atoms with Gasteiger partial charge in [-0.2, -0.15) is 0 Å². The first-order chi connectivity index (χ1) is 12.4. The molecule has 1 fully saturated rings. The normalized spacial score (nSPS) is 17.1.